The number of likely N-dealkylation sites (N-methyl/N-ethyl adjacent to an activating group) is 1. The van der Waals surface area contributed by atoms with Gasteiger partial charge in [-0.2, -0.15) is 5.10 Å². The third-order valence-electron chi connectivity index (χ3n) is 4.94. The van der Waals surface area contributed by atoms with Crippen molar-refractivity contribution in [1.29, 1.82) is 0 Å². The number of carbonyl (C=O) groups is 1. The average molecular weight is 381 g/mol. The molecule has 0 aromatic heterocycles. The van der Waals surface area contributed by atoms with E-state index in [0.29, 0.717) is 11.3 Å². The van der Waals surface area contributed by atoms with E-state index in [0.717, 1.165) is 23.4 Å². The van der Waals surface area contributed by atoms with E-state index in [1.165, 1.54) is 18.3 Å². The van der Waals surface area contributed by atoms with Crippen LogP contribution in [0.5, 0.6) is 0 Å². The molecule has 0 saturated carbocycles. The zero-order valence-corrected chi connectivity index (χ0v) is 16.5. The van der Waals surface area contributed by atoms with E-state index in [4.69, 9.17) is 5.11 Å². The Bertz CT molecular complexity index is 962. The lowest BCUT2D eigenvalue weighted by Gasteiger charge is -2.42. The van der Waals surface area contributed by atoms with Gasteiger partial charge in [0, 0.05) is 23.4 Å². The summed E-state index contributed by atoms with van der Waals surface area (Å²) in [6.45, 7) is 9.12. The molecule has 0 spiro atoms. The lowest BCUT2D eigenvalue weighted by Crippen LogP contribution is -2.45. The van der Waals surface area contributed by atoms with Gasteiger partial charge in [-0.05, 0) is 69.7 Å². The predicted molar refractivity (Wildman–Crippen MR) is 112 cm³/mol. The molecule has 6 heteroatoms. The molecule has 0 atom stereocenters. The van der Waals surface area contributed by atoms with Crippen molar-refractivity contribution in [3.8, 4) is 0 Å². The number of hydrogen-bond donors (Lipinski definition) is 2. The molecule has 2 N–H and O–H groups in total. The van der Waals surface area contributed by atoms with E-state index in [2.05, 4.69) is 42.3 Å². The molecule has 1 aliphatic heterocycles. The number of fused-ring (bicyclic) bond motifs is 1. The molecular weight excluding hydrogens is 357 g/mol. The van der Waals surface area contributed by atoms with Crippen LogP contribution in [0.25, 0.3) is 5.57 Å². The van der Waals surface area contributed by atoms with Crippen LogP contribution in [0.4, 0.5) is 15.8 Å². The van der Waals surface area contributed by atoms with Gasteiger partial charge in [0.1, 0.15) is 5.82 Å². The number of benzene rings is 2. The monoisotopic (exact) mass is 381 g/mol. The molecule has 0 aliphatic carbocycles. The zero-order valence-electron chi connectivity index (χ0n) is 16.5. The van der Waals surface area contributed by atoms with Gasteiger partial charge in [-0.1, -0.05) is 6.08 Å². The number of halogens is 1. The highest BCUT2D eigenvalue weighted by molar-refractivity contribution is 5.89. The number of nitrogens with one attached hydrogen (secondary N) is 1. The average Bonchev–Trinajstić information content (AvgIpc) is 2.62. The number of hydrogen-bond acceptors (Lipinski definition) is 4. The molecule has 0 saturated heterocycles. The molecule has 2 aromatic carbocycles. The fraction of sp³-hybridized carbons (Fsp3) is 0.273. The second-order valence-electron chi connectivity index (χ2n) is 7.37. The smallest absolute Gasteiger partial charge is 0.335 e. The number of anilines is 2. The van der Waals surface area contributed by atoms with Gasteiger partial charge in [0.15, 0.2) is 0 Å². The van der Waals surface area contributed by atoms with Gasteiger partial charge in [-0.3, -0.25) is 5.43 Å². The Balaban J connectivity index is 1.85. The molecule has 3 rings (SSSR count). The van der Waals surface area contributed by atoms with Crippen LogP contribution < -0.4 is 10.3 Å². The Morgan fingerprint density at radius 2 is 1.96 bits per heavy atom. The first kappa shape index (κ1) is 19.6. The lowest BCUT2D eigenvalue weighted by molar-refractivity contribution is 0.0697. The Morgan fingerprint density at radius 3 is 2.57 bits per heavy atom. The molecule has 0 amide bonds. The number of nitrogens with zero attached hydrogens (tertiary/aromatic N) is 2. The molecule has 28 heavy (non-hydrogen) atoms. The topological polar surface area (TPSA) is 64.9 Å². The van der Waals surface area contributed by atoms with E-state index >= 15 is 0 Å². The first-order valence-electron chi connectivity index (χ1n) is 9.16. The largest absolute Gasteiger partial charge is 0.478 e. The van der Waals surface area contributed by atoms with Gasteiger partial charge >= 0.3 is 5.97 Å². The summed E-state index contributed by atoms with van der Waals surface area (Å²) in [5.41, 5.74) is 6.82. The molecule has 2 aromatic rings. The Kier molecular flexibility index (Phi) is 5.23. The standard InChI is InChI=1S/C22H24FN3O2/c1-5-26-20-11-19(23)16(10-18(20)14(2)12-22(26,3)4)13-24-25-17-8-6-15(7-9-17)21(27)28/h6-13,25H,5H2,1-4H3,(H,27,28)/b24-13+. The van der Waals surface area contributed by atoms with Gasteiger partial charge in [-0.15, -0.1) is 0 Å². The molecular formula is C22H24FN3O2. The maximum atomic E-state index is 14.7. The number of carboxylic acid groups (broad SMARTS) is 1. The van der Waals surface area contributed by atoms with Crippen molar-refractivity contribution in [3.63, 3.8) is 0 Å². The van der Waals surface area contributed by atoms with Crippen LogP contribution >= 0.6 is 0 Å². The summed E-state index contributed by atoms with van der Waals surface area (Å²) >= 11 is 0. The minimum absolute atomic E-state index is 0.169. The van der Waals surface area contributed by atoms with Gasteiger partial charge in [0.2, 0.25) is 0 Å². The van der Waals surface area contributed by atoms with Crippen molar-refractivity contribution in [3.05, 3.63) is 65.0 Å². The highest BCUT2D eigenvalue weighted by atomic mass is 19.1. The molecule has 5 nitrogen and oxygen atoms in total. The molecule has 1 aliphatic rings. The summed E-state index contributed by atoms with van der Waals surface area (Å²) in [6.07, 6.45) is 3.63. The maximum absolute atomic E-state index is 14.7. The van der Waals surface area contributed by atoms with Crippen molar-refractivity contribution < 1.29 is 14.3 Å². The van der Waals surface area contributed by atoms with E-state index in [1.807, 2.05) is 13.0 Å². The molecule has 1 heterocycles. The Hall–Kier alpha value is -3.15. The summed E-state index contributed by atoms with van der Waals surface area (Å²) in [7, 11) is 0. The van der Waals surface area contributed by atoms with Crippen LogP contribution in [-0.2, 0) is 0 Å². The van der Waals surface area contributed by atoms with Crippen LogP contribution in [0, 0.1) is 5.82 Å². The van der Waals surface area contributed by atoms with Crippen molar-refractivity contribution in [1.82, 2.24) is 0 Å². The normalized spacial score (nSPS) is 15.3. The van der Waals surface area contributed by atoms with Crippen molar-refractivity contribution in [2.24, 2.45) is 5.10 Å². The fourth-order valence-electron chi connectivity index (χ4n) is 3.66. The van der Waals surface area contributed by atoms with E-state index in [1.54, 1.807) is 18.2 Å². The summed E-state index contributed by atoms with van der Waals surface area (Å²) in [4.78, 5) is 13.1. The van der Waals surface area contributed by atoms with Crippen molar-refractivity contribution in [2.75, 3.05) is 16.9 Å². The number of rotatable bonds is 5. The van der Waals surface area contributed by atoms with Gasteiger partial charge in [0.25, 0.3) is 0 Å². The van der Waals surface area contributed by atoms with E-state index < -0.39 is 5.97 Å². The molecule has 0 radical (unpaired) electrons. The zero-order chi connectivity index (χ0) is 20.5. The van der Waals surface area contributed by atoms with Gasteiger partial charge in [0.05, 0.1) is 23.0 Å². The van der Waals surface area contributed by atoms with E-state index in [-0.39, 0.29) is 16.9 Å². The highest BCUT2D eigenvalue weighted by Crippen LogP contribution is 2.39. The minimum Gasteiger partial charge on any atom is -0.478 e. The van der Waals surface area contributed by atoms with Crippen LogP contribution in [0.2, 0.25) is 0 Å². The molecule has 0 bridgehead atoms. The fourth-order valence-corrected chi connectivity index (χ4v) is 3.66. The van der Waals surface area contributed by atoms with Crippen LogP contribution in [-0.4, -0.2) is 29.4 Å². The Labute approximate surface area is 164 Å². The first-order chi connectivity index (χ1) is 13.2. The maximum Gasteiger partial charge on any atom is 0.335 e. The van der Waals surface area contributed by atoms with Gasteiger partial charge in [-0.25, -0.2) is 9.18 Å². The van der Waals surface area contributed by atoms with Gasteiger partial charge < -0.3 is 10.0 Å². The van der Waals surface area contributed by atoms with Crippen molar-refractivity contribution in [2.45, 2.75) is 33.2 Å². The summed E-state index contributed by atoms with van der Waals surface area (Å²) in [5, 5.41) is 13.0. The SMILES string of the molecule is CCN1c2cc(F)c(/C=N/Nc3ccc(C(=O)O)cc3)cc2C(C)=CC1(C)C. The van der Waals surface area contributed by atoms with Crippen LogP contribution in [0.3, 0.4) is 0 Å². The third-order valence-corrected chi connectivity index (χ3v) is 4.94. The number of aromatic carboxylic acids is 1. The van der Waals surface area contributed by atoms with E-state index in [9.17, 15) is 9.18 Å². The summed E-state index contributed by atoms with van der Waals surface area (Å²) in [5.74, 6) is -1.33. The van der Waals surface area contributed by atoms with Crippen LogP contribution in [0.1, 0.15) is 49.2 Å². The highest BCUT2D eigenvalue weighted by Gasteiger charge is 2.30. The van der Waals surface area contributed by atoms with Crippen LogP contribution in [0.15, 0.2) is 47.6 Å². The summed E-state index contributed by atoms with van der Waals surface area (Å²) in [6, 6.07) is 9.56. The number of carboxylic acids is 1. The Morgan fingerprint density at radius 1 is 1.29 bits per heavy atom. The van der Waals surface area contributed by atoms with Crippen molar-refractivity contribution >= 4 is 29.1 Å². The quantitative estimate of drug-likeness (QED) is 0.566. The first-order valence-corrected chi connectivity index (χ1v) is 9.16. The third kappa shape index (κ3) is 3.76. The lowest BCUT2D eigenvalue weighted by atomic mass is 9.88. The predicted octanol–water partition coefficient (Wildman–Crippen LogP) is 4.99. The number of hydrazone groups is 1. The summed E-state index contributed by atoms with van der Waals surface area (Å²) < 4.78 is 14.7. The second-order valence-corrected chi connectivity index (χ2v) is 7.37. The molecule has 0 unspecified atom stereocenters. The number of allylic oxidation sites excluding steroid dienone is 1. The minimum atomic E-state index is -0.987. The molecule has 0 fully saturated rings. The molecule has 146 valence electrons. The second kappa shape index (κ2) is 7.46.